The van der Waals surface area contributed by atoms with E-state index >= 15 is 0 Å². The number of benzene rings is 2. The van der Waals surface area contributed by atoms with Crippen molar-refractivity contribution in [2.75, 3.05) is 31.6 Å². The van der Waals surface area contributed by atoms with Crippen LogP contribution in [0.4, 0.5) is 5.69 Å². The molecule has 31 heavy (non-hydrogen) atoms. The zero-order valence-corrected chi connectivity index (χ0v) is 17.9. The van der Waals surface area contributed by atoms with Gasteiger partial charge in [0.05, 0.1) is 18.2 Å². The number of hydrogen-bond donors (Lipinski definition) is 1. The van der Waals surface area contributed by atoms with Crippen LogP contribution in [-0.4, -0.2) is 43.0 Å². The Balaban J connectivity index is 1.32. The van der Waals surface area contributed by atoms with E-state index in [1.807, 2.05) is 36.4 Å². The van der Waals surface area contributed by atoms with Crippen molar-refractivity contribution in [3.05, 3.63) is 59.1 Å². The summed E-state index contributed by atoms with van der Waals surface area (Å²) in [4.78, 5) is 26.9. The number of likely N-dealkylation sites (tertiary alicyclic amines) is 1. The molecule has 0 saturated carbocycles. The summed E-state index contributed by atoms with van der Waals surface area (Å²) >= 11 is 6.32. The van der Waals surface area contributed by atoms with Gasteiger partial charge in [0.2, 0.25) is 11.8 Å². The number of fused-ring (bicyclic) bond motifs is 1. The van der Waals surface area contributed by atoms with Gasteiger partial charge in [0.25, 0.3) is 0 Å². The van der Waals surface area contributed by atoms with Crippen molar-refractivity contribution in [2.24, 2.45) is 5.92 Å². The number of carbonyl (C=O) groups excluding carboxylic acids is 2. The maximum atomic E-state index is 12.6. The third kappa shape index (κ3) is 5.39. The topological polar surface area (TPSA) is 67.9 Å². The highest BCUT2D eigenvalue weighted by Gasteiger charge is 2.26. The number of nitrogens with one attached hydrogen (secondary N) is 1. The van der Waals surface area contributed by atoms with Crippen LogP contribution in [0.15, 0.2) is 48.5 Å². The lowest BCUT2D eigenvalue weighted by Gasteiger charge is -2.30. The molecule has 0 aliphatic carbocycles. The summed E-state index contributed by atoms with van der Waals surface area (Å²) < 4.78 is 11.3. The molecule has 6 nitrogen and oxygen atoms in total. The van der Waals surface area contributed by atoms with Gasteiger partial charge in [-0.3, -0.25) is 9.59 Å². The number of nitrogens with zero attached hydrogens (tertiary/aromatic N) is 1. The Bertz CT molecular complexity index is 969. The van der Waals surface area contributed by atoms with Gasteiger partial charge in [0.1, 0.15) is 0 Å². The van der Waals surface area contributed by atoms with Gasteiger partial charge in [0.15, 0.2) is 11.5 Å². The van der Waals surface area contributed by atoms with Gasteiger partial charge in [-0.15, -0.1) is 0 Å². The Morgan fingerprint density at radius 2 is 1.81 bits per heavy atom. The predicted molar refractivity (Wildman–Crippen MR) is 120 cm³/mol. The molecular formula is C24H25ClN2O4. The van der Waals surface area contributed by atoms with Crippen molar-refractivity contribution in [2.45, 2.75) is 19.3 Å². The van der Waals surface area contributed by atoms with Crippen LogP contribution < -0.4 is 14.8 Å². The van der Waals surface area contributed by atoms with Crippen LogP contribution in [0, 0.1) is 5.92 Å². The molecule has 1 saturated heterocycles. The molecule has 1 fully saturated rings. The number of piperidine rings is 1. The van der Waals surface area contributed by atoms with Gasteiger partial charge < -0.3 is 19.7 Å². The van der Waals surface area contributed by atoms with Crippen LogP contribution in [0.25, 0.3) is 6.08 Å². The van der Waals surface area contributed by atoms with Crippen molar-refractivity contribution in [1.82, 2.24) is 4.90 Å². The van der Waals surface area contributed by atoms with E-state index in [2.05, 4.69) is 5.32 Å². The first-order valence-electron chi connectivity index (χ1n) is 10.5. The molecule has 4 rings (SSSR count). The minimum atomic E-state index is -0.0891. The van der Waals surface area contributed by atoms with E-state index in [1.54, 1.807) is 23.1 Å². The molecule has 2 aliphatic rings. The van der Waals surface area contributed by atoms with Crippen molar-refractivity contribution >= 4 is 35.2 Å². The highest BCUT2D eigenvalue weighted by molar-refractivity contribution is 6.32. The molecule has 2 heterocycles. The number of halogens is 1. The minimum absolute atomic E-state index is 0.00989. The summed E-state index contributed by atoms with van der Waals surface area (Å²) in [6.45, 7) is 2.25. The normalized spacial score (nSPS) is 16.7. The van der Waals surface area contributed by atoms with E-state index in [0.29, 0.717) is 55.7 Å². The molecule has 0 radical (unpaired) electrons. The first-order valence-corrected chi connectivity index (χ1v) is 10.9. The molecule has 2 amide bonds. The van der Waals surface area contributed by atoms with Crippen LogP contribution in [-0.2, 0) is 9.59 Å². The van der Waals surface area contributed by atoms with Gasteiger partial charge in [-0.05, 0) is 48.7 Å². The standard InChI is InChI=1S/C24H25ClN2O4/c25-20-15-17(16-21-23(20)31-14-4-13-30-21)7-8-22(28)27-11-9-18(10-12-27)24(29)26-19-5-2-1-3-6-19/h1-3,5-8,15-16,18H,4,9-14H2,(H,26,29)/b8-7+. The molecule has 162 valence electrons. The predicted octanol–water partition coefficient (Wildman–Crippen LogP) is 4.39. The Kier molecular flexibility index (Phi) is 6.77. The molecule has 0 spiro atoms. The summed E-state index contributed by atoms with van der Waals surface area (Å²) in [6.07, 6.45) is 5.37. The number of para-hydroxylation sites is 1. The number of carbonyl (C=O) groups is 2. The second-order valence-electron chi connectivity index (χ2n) is 7.67. The molecule has 0 atom stereocenters. The summed E-state index contributed by atoms with van der Waals surface area (Å²) in [5.74, 6) is 0.996. The van der Waals surface area contributed by atoms with Crippen molar-refractivity contribution in [3.63, 3.8) is 0 Å². The lowest BCUT2D eigenvalue weighted by atomic mass is 9.95. The first-order chi connectivity index (χ1) is 15.1. The van der Waals surface area contributed by atoms with Gasteiger partial charge in [-0.25, -0.2) is 0 Å². The van der Waals surface area contributed by atoms with Crippen molar-refractivity contribution in [3.8, 4) is 11.5 Å². The maximum absolute atomic E-state index is 12.6. The number of ether oxygens (including phenoxy) is 2. The highest BCUT2D eigenvalue weighted by Crippen LogP contribution is 2.38. The monoisotopic (exact) mass is 440 g/mol. The molecule has 2 aromatic rings. The van der Waals surface area contributed by atoms with Gasteiger partial charge >= 0.3 is 0 Å². The van der Waals surface area contributed by atoms with Crippen LogP contribution in [0.2, 0.25) is 5.02 Å². The smallest absolute Gasteiger partial charge is 0.246 e. The summed E-state index contributed by atoms with van der Waals surface area (Å²) in [5.41, 5.74) is 1.57. The molecule has 7 heteroatoms. The second-order valence-corrected chi connectivity index (χ2v) is 8.08. The Morgan fingerprint density at radius 1 is 1.06 bits per heavy atom. The maximum Gasteiger partial charge on any atom is 0.246 e. The number of amides is 2. The van der Waals surface area contributed by atoms with E-state index in [1.165, 1.54) is 0 Å². The van der Waals surface area contributed by atoms with Gasteiger partial charge in [0, 0.05) is 37.2 Å². The lowest BCUT2D eigenvalue weighted by molar-refractivity contribution is -0.130. The van der Waals surface area contributed by atoms with Crippen LogP contribution in [0.3, 0.4) is 0 Å². The molecule has 2 aromatic carbocycles. The Hall–Kier alpha value is -2.99. The summed E-state index contributed by atoms with van der Waals surface area (Å²) in [7, 11) is 0. The molecule has 0 unspecified atom stereocenters. The number of hydrogen-bond acceptors (Lipinski definition) is 4. The number of rotatable bonds is 4. The van der Waals surface area contributed by atoms with Crippen LogP contribution >= 0.6 is 11.6 Å². The summed E-state index contributed by atoms with van der Waals surface area (Å²) in [6, 6.07) is 13.0. The minimum Gasteiger partial charge on any atom is -0.489 e. The average molecular weight is 441 g/mol. The van der Waals surface area contributed by atoms with E-state index in [9.17, 15) is 9.59 Å². The second kappa shape index (κ2) is 9.88. The van der Waals surface area contributed by atoms with Crippen LogP contribution in [0.1, 0.15) is 24.8 Å². The van der Waals surface area contributed by atoms with Crippen molar-refractivity contribution in [1.29, 1.82) is 0 Å². The molecule has 0 bridgehead atoms. The highest BCUT2D eigenvalue weighted by atomic mass is 35.5. The van der Waals surface area contributed by atoms with E-state index < -0.39 is 0 Å². The van der Waals surface area contributed by atoms with Crippen molar-refractivity contribution < 1.29 is 19.1 Å². The zero-order valence-electron chi connectivity index (χ0n) is 17.2. The third-order valence-corrected chi connectivity index (χ3v) is 5.74. The quantitative estimate of drug-likeness (QED) is 0.716. The molecule has 1 N–H and O–H groups in total. The van der Waals surface area contributed by atoms with E-state index in [-0.39, 0.29) is 17.7 Å². The van der Waals surface area contributed by atoms with E-state index in [0.717, 1.165) is 17.7 Å². The average Bonchev–Trinajstić information content (AvgIpc) is 3.04. The largest absolute Gasteiger partial charge is 0.489 e. The number of anilines is 1. The van der Waals surface area contributed by atoms with E-state index in [4.69, 9.17) is 21.1 Å². The first kappa shape index (κ1) is 21.2. The molecule has 2 aliphatic heterocycles. The van der Waals surface area contributed by atoms with Crippen LogP contribution in [0.5, 0.6) is 11.5 Å². The SMILES string of the molecule is O=C(Nc1ccccc1)C1CCN(C(=O)/C=C/c2cc(Cl)c3c(c2)OCCCO3)CC1. The molecule has 0 aromatic heterocycles. The fraction of sp³-hybridized carbons (Fsp3) is 0.333. The zero-order chi connectivity index (χ0) is 21.6. The molecular weight excluding hydrogens is 416 g/mol. The summed E-state index contributed by atoms with van der Waals surface area (Å²) in [5, 5.41) is 3.42. The fourth-order valence-electron chi connectivity index (χ4n) is 3.75. The Morgan fingerprint density at radius 3 is 2.58 bits per heavy atom. The van der Waals surface area contributed by atoms with Gasteiger partial charge in [-0.2, -0.15) is 0 Å². The third-order valence-electron chi connectivity index (χ3n) is 5.46. The lowest BCUT2D eigenvalue weighted by Crippen LogP contribution is -2.40. The fourth-order valence-corrected chi connectivity index (χ4v) is 4.02. The Labute approximate surface area is 186 Å². The van der Waals surface area contributed by atoms with Gasteiger partial charge in [-0.1, -0.05) is 29.8 Å².